The van der Waals surface area contributed by atoms with Gasteiger partial charge in [-0.1, -0.05) is 42.5 Å². The highest BCUT2D eigenvalue weighted by Gasteiger charge is 2.46. The van der Waals surface area contributed by atoms with Gasteiger partial charge in [0.25, 0.3) is 0 Å². The first-order valence-electron chi connectivity index (χ1n) is 8.50. The van der Waals surface area contributed by atoms with Gasteiger partial charge >= 0.3 is 0 Å². The maximum Gasteiger partial charge on any atom is 0.187 e. The van der Waals surface area contributed by atoms with Crippen molar-refractivity contribution in [2.45, 2.75) is 38.4 Å². The maximum atomic E-state index is 13.1. The number of benzene rings is 2. The Hall–Kier alpha value is -2.26. The van der Waals surface area contributed by atoms with E-state index in [1.165, 1.54) is 0 Å². The second-order valence-electron chi connectivity index (χ2n) is 7.19. The third kappa shape index (κ3) is 2.59. The summed E-state index contributed by atoms with van der Waals surface area (Å²) in [5.41, 5.74) is 3.19. The first-order valence-corrected chi connectivity index (χ1v) is 8.50. The Labute approximate surface area is 142 Å². The molecule has 4 rings (SSSR count). The zero-order chi connectivity index (χ0) is 16.7. The Morgan fingerprint density at radius 1 is 1.04 bits per heavy atom. The topological polar surface area (TPSA) is 38.7 Å². The Bertz CT molecular complexity index is 808. The van der Waals surface area contributed by atoms with Crippen molar-refractivity contribution in [2.24, 2.45) is 10.9 Å². The highest BCUT2D eigenvalue weighted by molar-refractivity contribution is 6.48. The van der Waals surface area contributed by atoms with Gasteiger partial charge in [-0.15, -0.1) is 0 Å². The molecular weight excluding hydrogens is 298 g/mol. The fraction of sp³-hybridized carbons (Fsp3) is 0.333. The van der Waals surface area contributed by atoms with Gasteiger partial charge in [-0.3, -0.25) is 4.79 Å². The van der Waals surface area contributed by atoms with E-state index in [4.69, 9.17) is 4.74 Å². The number of carbonyl (C=O) groups excluding carboxylic acids is 1. The molecule has 1 heterocycles. The van der Waals surface area contributed by atoms with Gasteiger partial charge in [0.15, 0.2) is 5.78 Å². The van der Waals surface area contributed by atoms with E-state index in [0.717, 1.165) is 29.7 Å². The Kier molecular flexibility index (Phi) is 3.61. The molecule has 0 aromatic heterocycles. The van der Waals surface area contributed by atoms with Crippen molar-refractivity contribution in [2.75, 3.05) is 0 Å². The predicted molar refractivity (Wildman–Crippen MR) is 94.7 cm³/mol. The summed E-state index contributed by atoms with van der Waals surface area (Å²) in [6, 6.07) is 17.7. The largest absolute Gasteiger partial charge is 0.367 e. The quantitative estimate of drug-likeness (QED) is 0.768. The molecule has 0 bridgehead atoms. The van der Waals surface area contributed by atoms with Crippen LogP contribution in [-0.2, 0) is 9.53 Å². The van der Waals surface area contributed by atoms with Crippen LogP contribution in [0.3, 0.4) is 0 Å². The van der Waals surface area contributed by atoms with E-state index in [-0.39, 0.29) is 23.4 Å². The van der Waals surface area contributed by atoms with Crippen molar-refractivity contribution in [3.05, 3.63) is 65.7 Å². The second-order valence-corrected chi connectivity index (χ2v) is 7.19. The number of rotatable bonds is 1. The average molecular weight is 319 g/mol. The molecule has 3 heteroatoms. The zero-order valence-electron chi connectivity index (χ0n) is 14.0. The van der Waals surface area contributed by atoms with Gasteiger partial charge in [-0.2, -0.15) is 0 Å². The first kappa shape index (κ1) is 15.3. The molecular formula is C21H21NO2. The van der Waals surface area contributed by atoms with Crippen LogP contribution < -0.4 is 0 Å². The van der Waals surface area contributed by atoms with Crippen LogP contribution in [0.2, 0.25) is 0 Å². The third-order valence-electron chi connectivity index (χ3n) is 4.96. The van der Waals surface area contributed by atoms with Gasteiger partial charge in [-0.25, -0.2) is 4.99 Å². The molecule has 0 amide bonds. The lowest BCUT2D eigenvalue weighted by atomic mass is 9.73. The molecule has 2 aromatic rings. The number of hydrogen-bond acceptors (Lipinski definition) is 3. The Morgan fingerprint density at radius 2 is 1.75 bits per heavy atom. The molecule has 1 saturated heterocycles. The molecule has 2 aliphatic rings. The number of ketones is 1. The lowest BCUT2D eigenvalue weighted by molar-refractivity contribution is -0.152. The molecule has 1 aliphatic heterocycles. The second kappa shape index (κ2) is 5.67. The normalized spacial score (nSPS) is 26.8. The van der Waals surface area contributed by atoms with Gasteiger partial charge in [0.2, 0.25) is 0 Å². The van der Waals surface area contributed by atoms with Crippen LogP contribution in [0.5, 0.6) is 0 Å². The van der Waals surface area contributed by atoms with Crippen LogP contribution in [0, 0.1) is 5.92 Å². The Balaban J connectivity index is 1.85. The lowest BCUT2D eigenvalue weighted by Crippen LogP contribution is -2.44. The smallest absolute Gasteiger partial charge is 0.187 e. The number of aliphatic imine (C=N–C) groups is 1. The van der Waals surface area contributed by atoms with Crippen LogP contribution in [-0.4, -0.2) is 17.1 Å². The number of ether oxygens (including phenoxy) is 1. The molecule has 0 saturated carbocycles. The van der Waals surface area contributed by atoms with E-state index in [0.29, 0.717) is 5.71 Å². The third-order valence-corrected chi connectivity index (χ3v) is 4.96. The molecule has 1 fully saturated rings. The van der Waals surface area contributed by atoms with Gasteiger partial charge in [-0.05, 0) is 44.4 Å². The summed E-state index contributed by atoms with van der Waals surface area (Å²) in [6.07, 6.45) is 1.58. The van der Waals surface area contributed by atoms with E-state index in [9.17, 15) is 4.79 Å². The standard InChI is InChI=1S/C21H21NO2/c1-21(2)13-12-17-19(23)18(22-14-8-4-3-5-9-14)15-10-6-7-11-16(15)20(17)24-21/h3-11,17,20H,12-13H2,1-2H3/b22-18-. The molecule has 3 nitrogen and oxygen atoms in total. The van der Waals surface area contributed by atoms with Gasteiger partial charge < -0.3 is 4.74 Å². The van der Waals surface area contributed by atoms with Crippen molar-refractivity contribution >= 4 is 17.2 Å². The summed E-state index contributed by atoms with van der Waals surface area (Å²) >= 11 is 0. The summed E-state index contributed by atoms with van der Waals surface area (Å²) in [5.74, 6) is -0.0200. The van der Waals surface area contributed by atoms with Crippen molar-refractivity contribution in [3.63, 3.8) is 0 Å². The van der Waals surface area contributed by atoms with Gasteiger partial charge in [0.1, 0.15) is 5.71 Å². The minimum absolute atomic E-state index is 0.109. The van der Waals surface area contributed by atoms with Crippen LogP contribution in [0.1, 0.15) is 43.9 Å². The predicted octanol–water partition coefficient (Wildman–Crippen LogP) is 4.64. The maximum absolute atomic E-state index is 13.1. The van der Waals surface area contributed by atoms with E-state index in [1.54, 1.807) is 0 Å². The molecule has 2 atom stereocenters. The zero-order valence-corrected chi connectivity index (χ0v) is 14.0. The molecule has 0 spiro atoms. The number of fused-ring (bicyclic) bond motifs is 3. The fourth-order valence-corrected chi connectivity index (χ4v) is 3.70. The van der Waals surface area contributed by atoms with Crippen molar-refractivity contribution in [1.82, 2.24) is 0 Å². The lowest BCUT2D eigenvalue weighted by Gasteiger charge is -2.43. The van der Waals surface area contributed by atoms with Gasteiger partial charge in [0, 0.05) is 5.56 Å². The Morgan fingerprint density at radius 3 is 2.54 bits per heavy atom. The highest BCUT2D eigenvalue weighted by atomic mass is 16.5. The van der Waals surface area contributed by atoms with Crippen molar-refractivity contribution < 1.29 is 9.53 Å². The van der Waals surface area contributed by atoms with Crippen LogP contribution in [0.15, 0.2) is 59.6 Å². The molecule has 2 unspecified atom stereocenters. The highest BCUT2D eigenvalue weighted by Crippen LogP contribution is 2.45. The number of Topliss-reactive ketones (excluding diaryl/α,β-unsaturated/α-hetero) is 1. The van der Waals surface area contributed by atoms with E-state index >= 15 is 0 Å². The minimum Gasteiger partial charge on any atom is -0.367 e. The molecule has 0 N–H and O–H groups in total. The monoisotopic (exact) mass is 319 g/mol. The van der Waals surface area contributed by atoms with Gasteiger partial charge in [0.05, 0.1) is 23.3 Å². The van der Waals surface area contributed by atoms with Crippen LogP contribution >= 0.6 is 0 Å². The molecule has 1 aliphatic carbocycles. The van der Waals surface area contributed by atoms with E-state index < -0.39 is 0 Å². The van der Waals surface area contributed by atoms with E-state index in [2.05, 4.69) is 24.9 Å². The summed E-state index contributed by atoms with van der Waals surface area (Å²) in [7, 11) is 0. The van der Waals surface area contributed by atoms with E-state index in [1.807, 2.05) is 48.5 Å². The van der Waals surface area contributed by atoms with Crippen molar-refractivity contribution in [3.8, 4) is 0 Å². The average Bonchev–Trinajstić information content (AvgIpc) is 2.59. The minimum atomic E-state index is -0.192. The molecule has 2 aromatic carbocycles. The van der Waals surface area contributed by atoms with Crippen LogP contribution in [0.25, 0.3) is 0 Å². The molecule has 24 heavy (non-hydrogen) atoms. The summed E-state index contributed by atoms with van der Waals surface area (Å²) < 4.78 is 6.30. The number of nitrogens with zero attached hydrogens (tertiary/aromatic N) is 1. The number of hydrogen-bond donors (Lipinski definition) is 0. The van der Waals surface area contributed by atoms with Crippen LogP contribution in [0.4, 0.5) is 5.69 Å². The first-order chi connectivity index (χ1) is 11.6. The molecule has 122 valence electrons. The SMILES string of the molecule is CC1(C)CCC2C(=O)/C(=N\c3ccccc3)c3ccccc3C2O1. The number of carbonyl (C=O) groups is 1. The summed E-state index contributed by atoms with van der Waals surface area (Å²) in [6.45, 7) is 4.20. The summed E-state index contributed by atoms with van der Waals surface area (Å²) in [5, 5.41) is 0. The number of para-hydroxylation sites is 1. The molecule has 0 radical (unpaired) electrons. The van der Waals surface area contributed by atoms with Crippen molar-refractivity contribution in [1.29, 1.82) is 0 Å². The fourth-order valence-electron chi connectivity index (χ4n) is 3.70. The summed E-state index contributed by atoms with van der Waals surface area (Å²) in [4.78, 5) is 17.8.